The Morgan fingerprint density at radius 1 is 1.18 bits per heavy atom. The maximum atomic E-state index is 12.9. The van der Waals surface area contributed by atoms with Gasteiger partial charge in [-0.1, -0.05) is 0 Å². The molecular weight excluding hydrogens is 337 g/mol. The van der Waals surface area contributed by atoms with Gasteiger partial charge in [-0.15, -0.1) is 11.3 Å². The van der Waals surface area contributed by atoms with Crippen LogP contribution in [0.2, 0.25) is 0 Å². The molecule has 0 spiro atoms. The molecule has 9 heteroatoms. The lowest BCUT2D eigenvalue weighted by molar-refractivity contribution is 0.159. The van der Waals surface area contributed by atoms with Crippen molar-refractivity contribution in [3.8, 4) is 6.07 Å². The molecule has 0 atom stereocenters. The van der Waals surface area contributed by atoms with Crippen LogP contribution in [0.3, 0.4) is 0 Å². The fourth-order valence-electron chi connectivity index (χ4n) is 1.70. The van der Waals surface area contributed by atoms with Crippen LogP contribution in [0.1, 0.15) is 4.88 Å². The Kier molecular flexibility index (Phi) is 4.73. The highest BCUT2D eigenvalue weighted by Crippen LogP contribution is 2.29. The molecule has 2 rings (SSSR count). The molecule has 0 saturated carbocycles. The number of hydrogen-bond acceptors (Lipinski definition) is 4. The maximum absolute atomic E-state index is 12.9. The van der Waals surface area contributed by atoms with Gasteiger partial charge in [-0.05, 0) is 36.4 Å². The van der Waals surface area contributed by atoms with Crippen molar-refractivity contribution in [2.24, 2.45) is 0 Å². The Balaban J connectivity index is 2.48. The first-order valence-electron chi connectivity index (χ1n) is 5.91. The smallest absolute Gasteiger partial charge is 0.260 e. The summed E-state index contributed by atoms with van der Waals surface area (Å²) in [6.45, 7) is -1.06. The number of nitriles is 1. The molecule has 0 fully saturated rings. The largest absolute Gasteiger partial charge is 0.274 e. The predicted molar refractivity (Wildman–Crippen MR) is 76.0 cm³/mol. The van der Waals surface area contributed by atoms with Crippen LogP contribution in [-0.4, -0.2) is 21.4 Å². The SMILES string of the molecule is N#Cc1ccc(S(=O)(=O)N(CC(F)F)c2ccc(F)cc2)s1. The molecular formula is C13H9F3N2O2S2. The number of halogens is 3. The zero-order valence-electron chi connectivity index (χ0n) is 10.9. The molecule has 1 aromatic heterocycles. The van der Waals surface area contributed by atoms with Gasteiger partial charge in [0.25, 0.3) is 16.4 Å². The van der Waals surface area contributed by atoms with E-state index in [1.54, 1.807) is 6.07 Å². The van der Waals surface area contributed by atoms with E-state index >= 15 is 0 Å². The van der Waals surface area contributed by atoms with E-state index in [0.29, 0.717) is 15.6 Å². The summed E-state index contributed by atoms with van der Waals surface area (Å²) in [5.41, 5.74) is -0.0754. The molecule has 0 unspecified atom stereocenters. The minimum atomic E-state index is -4.25. The standard InChI is InChI=1S/C13H9F3N2O2S2/c14-9-1-3-10(4-2-9)18(8-12(15)16)22(19,20)13-6-5-11(7-17)21-13/h1-6,12H,8H2. The Morgan fingerprint density at radius 3 is 2.32 bits per heavy atom. The molecule has 0 amide bonds. The van der Waals surface area contributed by atoms with E-state index in [1.165, 1.54) is 12.1 Å². The summed E-state index contributed by atoms with van der Waals surface area (Å²) in [5.74, 6) is -0.610. The summed E-state index contributed by atoms with van der Waals surface area (Å²) in [4.78, 5) is 0.148. The lowest BCUT2D eigenvalue weighted by atomic mass is 10.3. The van der Waals surface area contributed by atoms with E-state index in [1.807, 2.05) is 0 Å². The zero-order chi connectivity index (χ0) is 16.3. The van der Waals surface area contributed by atoms with Gasteiger partial charge in [0.1, 0.15) is 21.0 Å². The Morgan fingerprint density at radius 2 is 1.82 bits per heavy atom. The molecule has 1 heterocycles. The van der Waals surface area contributed by atoms with Gasteiger partial charge in [0.2, 0.25) is 0 Å². The quantitative estimate of drug-likeness (QED) is 0.835. The molecule has 0 aliphatic heterocycles. The van der Waals surface area contributed by atoms with E-state index in [-0.39, 0.29) is 14.8 Å². The molecule has 0 saturated heterocycles. The van der Waals surface area contributed by atoms with E-state index < -0.39 is 28.8 Å². The van der Waals surface area contributed by atoms with Crippen LogP contribution in [0, 0.1) is 17.1 Å². The lowest BCUT2D eigenvalue weighted by Crippen LogP contribution is -2.34. The van der Waals surface area contributed by atoms with Crippen LogP contribution in [0.25, 0.3) is 0 Å². The second kappa shape index (κ2) is 6.37. The third-order valence-electron chi connectivity index (χ3n) is 2.65. The number of rotatable bonds is 5. The van der Waals surface area contributed by atoms with Gasteiger partial charge in [0, 0.05) is 0 Å². The third-order valence-corrected chi connectivity index (χ3v) is 5.91. The Hall–Kier alpha value is -2.05. The van der Waals surface area contributed by atoms with Crippen molar-refractivity contribution in [1.29, 1.82) is 5.26 Å². The molecule has 1 aromatic carbocycles. The van der Waals surface area contributed by atoms with Crippen LogP contribution in [0.5, 0.6) is 0 Å². The number of sulfonamides is 1. The van der Waals surface area contributed by atoms with E-state index in [2.05, 4.69) is 0 Å². The monoisotopic (exact) mass is 346 g/mol. The Bertz CT molecular complexity index is 795. The predicted octanol–water partition coefficient (Wildman–Crippen LogP) is 3.22. The van der Waals surface area contributed by atoms with Gasteiger partial charge in [-0.25, -0.2) is 21.6 Å². The molecule has 0 aliphatic carbocycles. The number of hydrogen-bond donors (Lipinski definition) is 0. The van der Waals surface area contributed by atoms with Crippen LogP contribution in [0.15, 0.2) is 40.6 Å². The lowest BCUT2D eigenvalue weighted by Gasteiger charge is -2.23. The average molecular weight is 346 g/mol. The van der Waals surface area contributed by atoms with Crippen molar-refractivity contribution >= 4 is 27.0 Å². The summed E-state index contributed by atoms with van der Waals surface area (Å²) in [6, 6.07) is 8.44. The summed E-state index contributed by atoms with van der Waals surface area (Å²) in [5, 5.41) is 8.74. The van der Waals surface area contributed by atoms with Crippen LogP contribution < -0.4 is 4.31 Å². The normalized spacial score (nSPS) is 11.4. The number of benzene rings is 1. The number of thiophene rings is 1. The van der Waals surface area contributed by atoms with Gasteiger partial charge < -0.3 is 0 Å². The van der Waals surface area contributed by atoms with Crippen molar-refractivity contribution in [2.45, 2.75) is 10.6 Å². The summed E-state index contributed by atoms with van der Waals surface area (Å²) in [6.07, 6.45) is -2.91. The number of anilines is 1. The molecule has 0 bridgehead atoms. The average Bonchev–Trinajstić information content (AvgIpc) is 2.95. The van der Waals surface area contributed by atoms with Crippen LogP contribution >= 0.6 is 11.3 Å². The van der Waals surface area contributed by atoms with Crippen molar-refractivity contribution in [3.63, 3.8) is 0 Å². The van der Waals surface area contributed by atoms with Gasteiger partial charge in [0.05, 0.1) is 12.2 Å². The van der Waals surface area contributed by atoms with E-state index in [0.717, 1.165) is 24.3 Å². The fourth-order valence-corrected chi connectivity index (χ4v) is 4.36. The highest BCUT2D eigenvalue weighted by Gasteiger charge is 2.29. The Labute approximate surface area is 129 Å². The molecule has 0 radical (unpaired) electrons. The topological polar surface area (TPSA) is 61.2 Å². The van der Waals surface area contributed by atoms with Crippen molar-refractivity contribution < 1.29 is 21.6 Å². The summed E-state index contributed by atoms with van der Waals surface area (Å²) >= 11 is 0.683. The number of nitrogens with zero attached hydrogens (tertiary/aromatic N) is 2. The second-order valence-electron chi connectivity index (χ2n) is 4.13. The first-order valence-corrected chi connectivity index (χ1v) is 8.16. The maximum Gasteiger partial charge on any atom is 0.274 e. The van der Waals surface area contributed by atoms with Gasteiger partial charge in [-0.2, -0.15) is 5.26 Å². The highest BCUT2D eigenvalue weighted by atomic mass is 32.2. The first-order chi connectivity index (χ1) is 10.3. The van der Waals surface area contributed by atoms with Crippen LogP contribution in [0.4, 0.5) is 18.9 Å². The minimum Gasteiger partial charge on any atom is -0.260 e. The minimum absolute atomic E-state index is 0.0754. The molecule has 0 aliphatic rings. The molecule has 116 valence electrons. The first kappa shape index (κ1) is 16.3. The molecule has 0 N–H and O–H groups in total. The van der Waals surface area contributed by atoms with Crippen LogP contribution in [-0.2, 0) is 10.0 Å². The van der Waals surface area contributed by atoms with Gasteiger partial charge >= 0.3 is 0 Å². The molecule has 22 heavy (non-hydrogen) atoms. The van der Waals surface area contributed by atoms with E-state index in [4.69, 9.17) is 5.26 Å². The molecule has 4 nitrogen and oxygen atoms in total. The van der Waals surface area contributed by atoms with Crippen molar-refractivity contribution in [2.75, 3.05) is 10.8 Å². The summed E-state index contributed by atoms with van der Waals surface area (Å²) < 4.78 is 63.6. The summed E-state index contributed by atoms with van der Waals surface area (Å²) in [7, 11) is -4.25. The highest BCUT2D eigenvalue weighted by molar-refractivity contribution is 7.94. The van der Waals surface area contributed by atoms with Crippen molar-refractivity contribution in [3.05, 3.63) is 47.1 Å². The zero-order valence-corrected chi connectivity index (χ0v) is 12.5. The van der Waals surface area contributed by atoms with Gasteiger partial charge in [0.15, 0.2) is 0 Å². The fraction of sp³-hybridized carbons (Fsp3) is 0.154. The van der Waals surface area contributed by atoms with Crippen molar-refractivity contribution in [1.82, 2.24) is 0 Å². The van der Waals surface area contributed by atoms with Gasteiger partial charge in [-0.3, -0.25) is 4.31 Å². The third kappa shape index (κ3) is 3.40. The second-order valence-corrected chi connectivity index (χ2v) is 7.31. The van der Waals surface area contributed by atoms with E-state index in [9.17, 15) is 21.6 Å². The molecule has 2 aromatic rings. The number of alkyl halides is 2.